The predicted molar refractivity (Wildman–Crippen MR) is 97.3 cm³/mol. The molecule has 0 spiro atoms. The molecule has 1 atom stereocenters. The van der Waals surface area contributed by atoms with E-state index in [0.717, 1.165) is 16.8 Å². The largest absolute Gasteiger partial charge is 0.378 e. The van der Waals surface area contributed by atoms with E-state index < -0.39 is 0 Å². The molecule has 1 aliphatic rings. The lowest BCUT2D eigenvalue weighted by atomic mass is 10.0. The molecule has 3 aromatic rings. The van der Waals surface area contributed by atoms with Crippen molar-refractivity contribution in [1.82, 2.24) is 19.9 Å². The van der Waals surface area contributed by atoms with Crippen LogP contribution in [0.5, 0.6) is 0 Å². The molecule has 1 unspecified atom stereocenters. The minimum atomic E-state index is -0.220. The summed E-state index contributed by atoms with van der Waals surface area (Å²) in [6, 6.07) is 8.82. The number of hydrogen-bond donors (Lipinski definition) is 2. The molecule has 0 saturated carbocycles. The fourth-order valence-corrected chi connectivity index (χ4v) is 3.42. The molecule has 26 heavy (non-hydrogen) atoms. The number of benzene rings is 1. The number of fused-ring (bicyclic) bond motifs is 1. The highest BCUT2D eigenvalue weighted by Crippen LogP contribution is 2.30. The van der Waals surface area contributed by atoms with E-state index in [1.807, 2.05) is 12.1 Å². The zero-order chi connectivity index (χ0) is 18.3. The Labute approximate surface area is 153 Å². The first-order chi connectivity index (χ1) is 12.6. The smallest absolute Gasteiger partial charge is 0.272 e. The molecule has 7 nitrogen and oxygen atoms in total. The van der Waals surface area contributed by atoms with Gasteiger partial charge in [-0.1, -0.05) is 23.7 Å². The van der Waals surface area contributed by atoms with Crippen LogP contribution >= 0.6 is 11.6 Å². The Bertz CT molecular complexity index is 1040. The summed E-state index contributed by atoms with van der Waals surface area (Å²) in [4.78, 5) is 28.9. The third-order valence-electron chi connectivity index (χ3n) is 4.53. The Balaban J connectivity index is 1.93. The highest BCUT2D eigenvalue weighted by molar-refractivity contribution is 6.30. The van der Waals surface area contributed by atoms with Crippen molar-refractivity contribution in [3.05, 3.63) is 57.1 Å². The average Bonchev–Trinajstić information content (AvgIpc) is 3.20. The van der Waals surface area contributed by atoms with Gasteiger partial charge in [0.1, 0.15) is 0 Å². The SMILES string of the molecule is COCc1[nH]n2c(=O)cc(C3CNC(=O)C3)nc2c1-c1ccc(Cl)cc1. The molecule has 2 N–H and O–H groups in total. The first-order valence-electron chi connectivity index (χ1n) is 8.23. The van der Waals surface area contributed by atoms with E-state index >= 15 is 0 Å². The monoisotopic (exact) mass is 372 g/mol. The van der Waals surface area contributed by atoms with Gasteiger partial charge in [0.05, 0.1) is 18.0 Å². The fourth-order valence-electron chi connectivity index (χ4n) is 3.29. The lowest BCUT2D eigenvalue weighted by Crippen LogP contribution is -2.18. The second kappa shape index (κ2) is 6.59. The van der Waals surface area contributed by atoms with Crippen LogP contribution in [0.1, 0.15) is 23.7 Å². The number of carbonyl (C=O) groups is 1. The molecule has 4 rings (SSSR count). The number of methoxy groups -OCH3 is 1. The summed E-state index contributed by atoms with van der Waals surface area (Å²) in [5, 5.41) is 6.49. The quantitative estimate of drug-likeness (QED) is 0.734. The van der Waals surface area contributed by atoms with E-state index in [1.165, 1.54) is 10.6 Å². The number of amides is 1. The van der Waals surface area contributed by atoms with Gasteiger partial charge >= 0.3 is 0 Å². The normalized spacial score (nSPS) is 17.0. The van der Waals surface area contributed by atoms with E-state index in [2.05, 4.69) is 10.4 Å². The molecule has 1 saturated heterocycles. The average molecular weight is 373 g/mol. The van der Waals surface area contributed by atoms with Crippen molar-refractivity contribution in [2.75, 3.05) is 13.7 Å². The van der Waals surface area contributed by atoms with Gasteiger partial charge < -0.3 is 10.1 Å². The predicted octanol–water partition coefficient (Wildman–Crippen LogP) is 2.09. The standard InChI is InChI=1S/C18H17ClN4O3/c1-26-9-14-17(10-2-4-12(19)5-3-10)18-21-13(7-16(25)23(18)22-14)11-6-15(24)20-8-11/h2-5,7,11,22H,6,8-9H2,1H3,(H,20,24). The minimum Gasteiger partial charge on any atom is -0.378 e. The number of hydrogen-bond acceptors (Lipinski definition) is 4. The molecular weight excluding hydrogens is 356 g/mol. The van der Waals surface area contributed by atoms with E-state index in [1.54, 1.807) is 19.2 Å². The van der Waals surface area contributed by atoms with Crippen LogP contribution in [0.3, 0.4) is 0 Å². The Morgan fingerprint density at radius 2 is 2.08 bits per heavy atom. The summed E-state index contributed by atoms with van der Waals surface area (Å²) in [5.74, 6) is -0.122. The number of ether oxygens (including phenoxy) is 1. The molecular formula is C18H17ClN4O3. The molecule has 1 fully saturated rings. The van der Waals surface area contributed by atoms with Crippen LogP contribution < -0.4 is 10.9 Å². The molecule has 1 aliphatic heterocycles. The van der Waals surface area contributed by atoms with Gasteiger partial charge in [-0.2, -0.15) is 0 Å². The molecule has 8 heteroatoms. The fraction of sp³-hybridized carbons (Fsp3) is 0.278. The molecule has 134 valence electrons. The number of rotatable bonds is 4. The van der Waals surface area contributed by atoms with E-state index in [4.69, 9.17) is 21.3 Å². The Hall–Kier alpha value is -2.64. The molecule has 2 aromatic heterocycles. The molecule has 0 aliphatic carbocycles. The van der Waals surface area contributed by atoms with Crippen LogP contribution in [0.25, 0.3) is 16.8 Å². The highest BCUT2D eigenvalue weighted by Gasteiger charge is 2.26. The molecule has 1 aromatic carbocycles. The summed E-state index contributed by atoms with van der Waals surface area (Å²) in [5.41, 5.74) is 3.33. The maximum absolute atomic E-state index is 12.6. The van der Waals surface area contributed by atoms with Crippen LogP contribution in [0.15, 0.2) is 35.1 Å². The number of aromatic amines is 1. The van der Waals surface area contributed by atoms with Crippen LogP contribution in [0.4, 0.5) is 0 Å². The van der Waals surface area contributed by atoms with Crippen LogP contribution in [-0.2, 0) is 16.1 Å². The lowest BCUT2D eigenvalue weighted by Gasteiger charge is -2.07. The van der Waals surface area contributed by atoms with Crippen molar-refractivity contribution in [2.24, 2.45) is 0 Å². The Morgan fingerprint density at radius 3 is 2.73 bits per heavy atom. The number of nitrogens with one attached hydrogen (secondary N) is 2. The first kappa shape index (κ1) is 16.8. The number of nitrogens with zero attached hydrogens (tertiary/aromatic N) is 2. The van der Waals surface area contributed by atoms with Crippen molar-refractivity contribution < 1.29 is 9.53 Å². The highest BCUT2D eigenvalue weighted by atomic mass is 35.5. The summed E-state index contributed by atoms with van der Waals surface area (Å²) in [6.45, 7) is 0.798. The Morgan fingerprint density at radius 1 is 1.31 bits per heavy atom. The first-order valence-corrected chi connectivity index (χ1v) is 8.60. The molecule has 0 radical (unpaired) electrons. The van der Waals surface area contributed by atoms with Crippen molar-refractivity contribution in [3.8, 4) is 11.1 Å². The van der Waals surface area contributed by atoms with Crippen LogP contribution in [-0.4, -0.2) is 34.2 Å². The van der Waals surface area contributed by atoms with Gasteiger partial charge in [0.2, 0.25) is 5.91 Å². The second-order valence-electron chi connectivity index (χ2n) is 6.29. The third kappa shape index (κ3) is 2.89. The maximum Gasteiger partial charge on any atom is 0.272 e. The van der Waals surface area contributed by atoms with Gasteiger partial charge in [0.15, 0.2) is 5.65 Å². The van der Waals surface area contributed by atoms with Gasteiger partial charge in [0.25, 0.3) is 5.56 Å². The van der Waals surface area contributed by atoms with Crippen molar-refractivity contribution >= 4 is 23.2 Å². The number of halogens is 1. The summed E-state index contributed by atoms with van der Waals surface area (Å²) in [7, 11) is 1.59. The number of H-pyrrole nitrogens is 1. The van der Waals surface area contributed by atoms with Crippen molar-refractivity contribution in [2.45, 2.75) is 18.9 Å². The zero-order valence-corrected chi connectivity index (χ0v) is 14.8. The summed E-state index contributed by atoms with van der Waals surface area (Å²) < 4.78 is 6.68. The van der Waals surface area contributed by atoms with E-state index in [9.17, 15) is 9.59 Å². The molecule has 3 heterocycles. The second-order valence-corrected chi connectivity index (χ2v) is 6.73. The number of carbonyl (C=O) groups excluding carboxylic acids is 1. The third-order valence-corrected chi connectivity index (χ3v) is 4.78. The van der Waals surface area contributed by atoms with Gasteiger partial charge in [-0.25, -0.2) is 9.50 Å². The molecule has 1 amide bonds. The van der Waals surface area contributed by atoms with Gasteiger partial charge in [-0.15, -0.1) is 0 Å². The topological polar surface area (TPSA) is 88.5 Å². The van der Waals surface area contributed by atoms with Gasteiger partial charge in [0, 0.05) is 42.6 Å². The number of aromatic nitrogens is 3. The summed E-state index contributed by atoms with van der Waals surface area (Å²) in [6.07, 6.45) is 0.342. The van der Waals surface area contributed by atoms with Crippen molar-refractivity contribution in [3.63, 3.8) is 0 Å². The van der Waals surface area contributed by atoms with Crippen LogP contribution in [0.2, 0.25) is 5.02 Å². The lowest BCUT2D eigenvalue weighted by molar-refractivity contribution is -0.119. The minimum absolute atomic E-state index is 0.0240. The van der Waals surface area contributed by atoms with Crippen molar-refractivity contribution in [1.29, 1.82) is 0 Å². The maximum atomic E-state index is 12.6. The summed E-state index contributed by atoms with van der Waals surface area (Å²) >= 11 is 6.00. The van der Waals surface area contributed by atoms with Gasteiger partial charge in [-0.05, 0) is 17.7 Å². The van der Waals surface area contributed by atoms with E-state index in [-0.39, 0.29) is 17.4 Å². The zero-order valence-electron chi connectivity index (χ0n) is 14.1. The van der Waals surface area contributed by atoms with E-state index in [0.29, 0.717) is 35.9 Å². The Kier molecular flexibility index (Phi) is 4.26. The van der Waals surface area contributed by atoms with Gasteiger partial charge in [-0.3, -0.25) is 14.7 Å². The van der Waals surface area contributed by atoms with Crippen LogP contribution in [0, 0.1) is 0 Å². The molecule has 0 bridgehead atoms.